The zero-order valence-electron chi connectivity index (χ0n) is 14.5. The van der Waals surface area contributed by atoms with Crippen molar-refractivity contribution in [3.63, 3.8) is 0 Å². The molecule has 0 saturated carbocycles. The lowest BCUT2D eigenvalue weighted by molar-refractivity contribution is 0.201. The highest BCUT2D eigenvalue weighted by Crippen LogP contribution is 2.34. The Balaban J connectivity index is 1.88. The first-order valence-electron chi connectivity index (χ1n) is 8.16. The van der Waals surface area contributed by atoms with E-state index in [0.717, 1.165) is 51.1 Å². The van der Waals surface area contributed by atoms with Gasteiger partial charge < -0.3 is 19.0 Å². The van der Waals surface area contributed by atoms with Gasteiger partial charge in [0.05, 0.1) is 19.4 Å². The molecule has 0 bridgehead atoms. The number of benzene rings is 1. The van der Waals surface area contributed by atoms with Gasteiger partial charge in [-0.2, -0.15) is 0 Å². The van der Waals surface area contributed by atoms with E-state index in [0.29, 0.717) is 6.61 Å². The number of nitrogens with one attached hydrogen (secondary N) is 1. The fraction of sp³-hybridized carbons (Fsp3) is 0.263. The van der Waals surface area contributed by atoms with Crippen molar-refractivity contribution >= 4 is 21.9 Å². The quantitative estimate of drug-likeness (QED) is 0.607. The van der Waals surface area contributed by atoms with Crippen LogP contribution in [0.2, 0.25) is 0 Å². The Labute approximate surface area is 145 Å². The number of aromatic amines is 1. The summed E-state index contributed by atoms with van der Waals surface area (Å²) in [5, 5.41) is 2.18. The van der Waals surface area contributed by atoms with Gasteiger partial charge in [0.1, 0.15) is 17.7 Å². The molecule has 0 unspecified atom stereocenters. The zero-order valence-corrected chi connectivity index (χ0v) is 14.5. The summed E-state index contributed by atoms with van der Waals surface area (Å²) in [5.74, 6) is 0.844. The van der Waals surface area contributed by atoms with E-state index < -0.39 is 0 Å². The maximum Gasteiger partial charge on any atom is 0.141 e. The van der Waals surface area contributed by atoms with Crippen LogP contribution in [0.1, 0.15) is 5.69 Å². The summed E-state index contributed by atoms with van der Waals surface area (Å²) in [7, 11) is 5.43. The number of aromatic nitrogens is 4. The number of methoxy groups -OCH3 is 2. The Hall–Kier alpha value is -2.86. The van der Waals surface area contributed by atoms with E-state index in [9.17, 15) is 0 Å². The number of H-pyrrole nitrogens is 1. The molecule has 3 aromatic heterocycles. The second-order valence-electron chi connectivity index (χ2n) is 6.05. The van der Waals surface area contributed by atoms with Crippen LogP contribution >= 0.6 is 0 Å². The normalized spacial score (nSPS) is 11.5. The largest absolute Gasteiger partial charge is 0.497 e. The molecule has 0 aliphatic heterocycles. The highest BCUT2D eigenvalue weighted by Gasteiger charge is 2.14. The number of rotatable bonds is 5. The molecule has 4 rings (SSSR count). The van der Waals surface area contributed by atoms with E-state index in [-0.39, 0.29) is 0 Å². The molecule has 0 fully saturated rings. The molecule has 1 aromatic carbocycles. The van der Waals surface area contributed by atoms with Crippen LogP contribution in [0.3, 0.4) is 0 Å². The second-order valence-corrected chi connectivity index (χ2v) is 6.05. The maximum atomic E-state index is 5.39. The highest BCUT2D eigenvalue weighted by atomic mass is 16.5. The number of fused-ring (bicyclic) bond motifs is 2. The lowest BCUT2D eigenvalue weighted by atomic mass is 10.1. The van der Waals surface area contributed by atoms with E-state index in [1.807, 2.05) is 13.1 Å². The average molecular weight is 336 g/mol. The molecule has 0 saturated heterocycles. The topological polar surface area (TPSA) is 65.0 Å². The third-order valence-electron chi connectivity index (χ3n) is 4.54. The molecular formula is C19H20N4O2. The summed E-state index contributed by atoms with van der Waals surface area (Å²) < 4.78 is 12.7. The molecule has 0 aliphatic carbocycles. The van der Waals surface area contributed by atoms with Crippen molar-refractivity contribution < 1.29 is 9.47 Å². The van der Waals surface area contributed by atoms with Gasteiger partial charge in [-0.05, 0) is 24.3 Å². The van der Waals surface area contributed by atoms with Crippen LogP contribution in [0.5, 0.6) is 5.75 Å². The Morgan fingerprint density at radius 1 is 1.12 bits per heavy atom. The van der Waals surface area contributed by atoms with Gasteiger partial charge >= 0.3 is 0 Å². The highest BCUT2D eigenvalue weighted by molar-refractivity contribution is 5.98. The number of aryl methyl sites for hydroxylation is 1. The first-order chi connectivity index (χ1) is 12.2. The maximum absolute atomic E-state index is 5.39. The lowest BCUT2D eigenvalue weighted by Crippen LogP contribution is -1.98. The summed E-state index contributed by atoms with van der Waals surface area (Å²) in [4.78, 5) is 12.2. The van der Waals surface area contributed by atoms with Crippen molar-refractivity contribution in [2.45, 2.75) is 6.42 Å². The van der Waals surface area contributed by atoms with Crippen LogP contribution in [-0.2, 0) is 18.2 Å². The minimum absolute atomic E-state index is 0.637. The van der Waals surface area contributed by atoms with E-state index in [1.54, 1.807) is 20.5 Å². The Kier molecular flexibility index (Phi) is 3.89. The zero-order chi connectivity index (χ0) is 17.4. The smallest absolute Gasteiger partial charge is 0.141 e. The van der Waals surface area contributed by atoms with Gasteiger partial charge in [0.25, 0.3) is 0 Å². The second kappa shape index (κ2) is 6.22. The molecule has 0 radical (unpaired) electrons. The number of hydrogen-bond acceptors (Lipinski definition) is 4. The Morgan fingerprint density at radius 2 is 2.00 bits per heavy atom. The monoisotopic (exact) mass is 336 g/mol. The van der Waals surface area contributed by atoms with E-state index in [4.69, 9.17) is 9.47 Å². The summed E-state index contributed by atoms with van der Waals surface area (Å²) in [6.45, 7) is 0.637. The predicted molar refractivity (Wildman–Crippen MR) is 97.9 cm³/mol. The Morgan fingerprint density at radius 3 is 2.80 bits per heavy atom. The first kappa shape index (κ1) is 15.7. The van der Waals surface area contributed by atoms with Gasteiger partial charge in [0.15, 0.2) is 0 Å². The lowest BCUT2D eigenvalue weighted by Gasteiger charge is -2.01. The summed E-state index contributed by atoms with van der Waals surface area (Å²) in [5.41, 5.74) is 5.13. The third-order valence-corrected chi connectivity index (χ3v) is 4.54. The molecule has 0 aliphatic rings. The average Bonchev–Trinajstić information content (AvgIpc) is 3.21. The van der Waals surface area contributed by atoms with Gasteiger partial charge in [-0.15, -0.1) is 0 Å². The van der Waals surface area contributed by atoms with Crippen LogP contribution < -0.4 is 4.74 Å². The van der Waals surface area contributed by atoms with Gasteiger partial charge in [-0.1, -0.05) is 0 Å². The van der Waals surface area contributed by atoms with Crippen molar-refractivity contribution in [3.8, 4) is 17.0 Å². The van der Waals surface area contributed by atoms with Gasteiger partial charge in [0, 0.05) is 54.3 Å². The van der Waals surface area contributed by atoms with E-state index in [2.05, 4.69) is 43.9 Å². The van der Waals surface area contributed by atoms with Crippen molar-refractivity contribution in [3.05, 3.63) is 42.5 Å². The Bertz CT molecular complexity index is 1050. The summed E-state index contributed by atoms with van der Waals surface area (Å²) in [6.07, 6.45) is 4.48. The first-order valence-corrected chi connectivity index (χ1v) is 8.16. The van der Waals surface area contributed by atoms with Crippen LogP contribution in [0.15, 0.2) is 36.8 Å². The minimum Gasteiger partial charge on any atom is -0.497 e. The number of nitrogens with zero attached hydrogens (tertiary/aromatic N) is 3. The molecule has 0 atom stereocenters. The van der Waals surface area contributed by atoms with Crippen LogP contribution in [0.25, 0.3) is 33.2 Å². The SMILES string of the molecule is COCCc1ncnc2[nH]c(-c3cn(C)c4ccc(OC)cc34)cc12. The van der Waals surface area contributed by atoms with Crippen molar-refractivity contribution in [1.29, 1.82) is 0 Å². The molecule has 3 heterocycles. The fourth-order valence-corrected chi connectivity index (χ4v) is 3.25. The molecule has 0 spiro atoms. The summed E-state index contributed by atoms with van der Waals surface area (Å²) in [6, 6.07) is 8.23. The van der Waals surface area contributed by atoms with Gasteiger partial charge in [-0.3, -0.25) is 0 Å². The van der Waals surface area contributed by atoms with Crippen molar-refractivity contribution in [2.75, 3.05) is 20.8 Å². The van der Waals surface area contributed by atoms with Crippen LogP contribution in [0.4, 0.5) is 0 Å². The number of ether oxygens (including phenoxy) is 2. The van der Waals surface area contributed by atoms with Crippen LogP contribution in [0, 0.1) is 0 Å². The molecule has 4 aromatic rings. The standard InChI is InChI=1S/C19H20N4O2/c1-23-10-15(13-8-12(25-3)4-5-18(13)23)17-9-14-16(6-7-24-2)20-11-21-19(14)22-17/h4-5,8-11H,6-7H2,1-3H3,(H,20,21,22). The van der Waals surface area contributed by atoms with Crippen molar-refractivity contribution in [2.24, 2.45) is 7.05 Å². The fourth-order valence-electron chi connectivity index (χ4n) is 3.25. The van der Waals surface area contributed by atoms with Crippen LogP contribution in [-0.4, -0.2) is 40.3 Å². The molecule has 6 heteroatoms. The molecule has 128 valence electrons. The molecule has 0 amide bonds. The van der Waals surface area contributed by atoms with Gasteiger partial charge in [-0.25, -0.2) is 9.97 Å². The van der Waals surface area contributed by atoms with E-state index in [1.165, 1.54) is 0 Å². The predicted octanol–water partition coefficient (Wildman–Crippen LogP) is 3.31. The third kappa shape index (κ3) is 2.64. The molecule has 1 N–H and O–H groups in total. The van der Waals surface area contributed by atoms with Crippen molar-refractivity contribution in [1.82, 2.24) is 19.5 Å². The molecule has 6 nitrogen and oxygen atoms in total. The number of hydrogen-bond donors (Lipinski definition) is 1. The van der Waals surface area contributed by atoms with E-state index >= 15 is 0 Å². The molecule has 25 heavy (non-hydrogen) atoms. The minimum atomic E-state index is 0.637. The molecular weight excluding hydrogens is 316 g/mol. The van der Waals surface area contributed by atoms with Gasteiger partial charge in [0.2, 0.25) is 0 Å². The summed E-state index contributed by atoms with van der Waals surface area (Å²) >= 11 is 0.